The molecule has 0 radical (unpaired) electrons. The lowest BCUT2D eigenvalue weighted by Gasteiger charge is -2.08. The highest BCUT2D eigenvalue weighted by Crippen LogP contribution is 2.31. The summed E-state index contributed by atoms with van der Waals surface area (Å²) in [6.07, 6.45) is 3.29. The van der Waals surface area contributed by atoms with E-state index >= 15 is 0 Å². The maximum absolute atomic E-state index is 11.7. The monoisotopic (exact) mass is 361 g/mol. The van der Waals surface area contributed by atoms with E-state index in [1.54, 1.807) is 12.1 Å². The van der Waals surface area contributed by atoms with Crippen LogP contribution in [0.4, 0.5) is 0 Å². The van der Waals surface area contributed by atoms with Gasteiger partial charge in [0.15, 0.2) is 5.78 Å². The molecule has 1 aromatic heterocycles. The maximum Gasteiger partial charge on any atom is 0.223 e. The number of ether oxygens (including phenoxy) is 1. The Bertz CT molecular complexity index is 853. The maximum atomic E-state index is 11.7. The van der Waals surface area contributed by atoms with Crippen LogP contribution in [0.25, 0.3) is 10.9 Å². The minimum Gasteiger partial charge on any atom is -0.486 e. The van der Waals surface area contributed by atoms with Gasteiger partial charge < -0.3 is 20.8 Å². The number of nitrogens with one attached hydrogen (secondary N) is 2. The third-order valence-electron chi connectivity index (χ3n) is 3.91. The molecule has 25 heavy (non-hydrogen) atoms. The molecule has 6 nitrogen and oxygen atoms in total. The molecule has 2 aromatic rings. The highest BCUT2D eigenvalue weighted by molar-refractivity contribution is 6.32. The second-order valence-electron chi connectivity index (χ2n) is 6.28. The zero-order valence-electron chi connectivity index (χ0n) is 13.9. The predicted molar refractivity (Wildman–Crippen MR) is 96.3 cm³/mol. The zero-order chi connectivity index (χ0) is 18.0. The van der Waals surface area contributed by atoms with Crippen LogP contribution in [-0.2, 0) is 16.1 Å². The smallest absolute Gasteiger partial charge is 0.223 e. The van der Waals surface area contributed by atoms with Crippen molar-refractivity contribution in [2.45, 2.75) is 26.3 Å². The van der Waals surface area contributed by atoms with E-state index in [1.807, 2.05) is 6.07 Å². The summed E-state index contributed by atoms with van der Waals surface area (Å²) in [5.74, 6) is 0.634. The van der Waals surface area contributed by atoms with E-state index in [2.05, 4.69) is 10.3 Å². The van der Waals surface area contributed by atoms with Gasteiger partial charge in [0.25, 0.3) is 0 Å². The molecule has 1 amide bonds. The lowest BCUT2D eigenvalue weighted by molar-refractivity contribution is -0.122. The molecule has 1 aliphatic carbocycles. The number of aromatic amines is 1. The Morgan fingerprint density at radius 1 is 1.40 bits per heavy atom. The van der Waals surface area contributed by atoms with E-state index in [-0.39, 0.29) is 24.2 Å². The van der Waals surface area contributed by atoms with E-state index in [0.717, 1.165) is 29.4 Å². The predicted octanol–water partition coefficient (Wildman–Crippen LogP) is 2.66. The number of ketones is 1. The van der Waals surface area contributed by atoms with Gasteiger partial charge in [0.05, 0.1) is 11.6 Å². The Morgan fingerprint density at radius 2 is 2.16 bits per heavy atom. The molecular weight excluding hydrogens is 342 g/mol. The van der Waals surface area contributed by atoms with Crippen LogP contribution in [0.3, 0.4) is 0 Å². The molecular formula is C18H20ClN3O3. The van der Waals surface area contributed by atoms with Crippen molar-refractivity contribution in [3.05, 3.63) is 40.7 Å². The summed E-state index contributed by atoms with van der Waals surface area (Å²) in [7, 11) is 0. The van der Waals surface area contributed by atoms with Crippen LogP contribution in [0.1, 0.15) is 25.5 Å². The van der Waals surface area contributed by atoms with Crippen LogP contribution in [-0.4, -0.2) is 23.3 Å². The molecule has 0 atom stereocenters. The Hall–Kier alpha value is -2.47. The Morgan fingerprint density at radius 3 is 2.84 bits per heavy atom. The number of carbonyl (C=O) groups excluding carboxylic acids is 2. The molecule has 132 valence electrons. The quantitative estimate of drug-likeness (QED) is 0.660. The summed E-state index contributed by atoms with van der Waals surface area (Å²) < 4.78 is 5.59. The summed E-state index contributed by atoms with van der Waals surface area (Å²) in [5.41, 5.74) is 7.79. The van der Waals surface area contributed by atoms with E-state index in [9.17, 15) is 9.59 Å². The number of carbonyl (C=O) groups is 2. The van der Waals surface area contributed by atoms with Crippen LogP contribution in [0.5, 0.6) is 5.75 Å². The highest BCUT2D eigenvalue weighted by Gasteiger charge is 2.29. The van der Waals surface area contributed by atoms with Crippen molar-refractivity contribution in [3.63, 3.8) is 0 Å². The third kappa shape index (κ3) is 4.54. The van der Waals surface area contributed by atoms with Crippen molar-refractivity contribution < 1.29 is 14.3 Å². The molecule has 3 rings (SSSR count). The van der Waals surface area contributed by atoms with Gasteiger partial charge in [0.1, 0.15) is 12.4 Å². The fourth-order valence-corrected chi connectivity index (χ4v) is 2.76. The number of rotatable bonds is 7. The molecule has 0 unspecified atom stereocenters. The summed E-state index contributed by atoms with van der Waals surface area (Å²) in [5, 5.41) is 4.30. The van der Waals surface area contributed by atoms with Gasteiger partial charge in [-0.2, -0.15) is 0 Å². The topological polar surface area (TPSA) is 97.2 Å². The standard InChI is InChI=1S/C18H20ClN3O3/c1-10(23)4-13(20)9-25-17-7-16-12(6-15(17)19)5-14(22-16)8-21-18(24)11-2-3-11/h4-7,11,22H,2-3,8-9,20H2,1H3,(H,21,24)/b13-4-. The summed E-state index contributed by atoms with van der Waals surface area (Å²) in [6, 6.07) is 5.52. The van der Waals surface area contributed by atoms with Gasteiger partial charge in [-0.15, -0.1) is 0 Å². The zero-order valence-corrected chi connectivity index (χ0v) is 14.7. The molecule has 0 spiro atoms. The Balaban J connectivity index is 1.69. The summed E-state index contributed by atoms with van der Waals surface area (Å²) >= 11 is 6.24. The third-order valence-corrected chi connectivity index (χ3v) is 4.21. The summed E-state index contributed by atoms with van der Waals surface area (Å²) in [4.78, 5) is 26.0. The fourth-order valence-electron chi connectivity index (χ4n) is 2.54. The molecule has 1 aliphatic rings. The van der Waals surface area contributed by atoms with Gasteiger partial charge >= 0.3 is 0 Å². The van der Waals surface area contributed by atoms with Gasteiger partial charge in [-0.1, -0.05) is 11.6 Å². The normalized spacial score (nSPS) is 14.6. The Kier molecular flexibility index (Phi) is 4.99. The first-order chi connectivity index (χ1) is 11.9. The molecule has 1 heterocycles. The number of hydrogen-bond acceptors (Lipinski definition) is 4. The molecule has 0 bridgehead atoms. The van der Waals surface area contributed by atoms with E-state index < -0.39 is 0 Å². The first-order valence-electron chi connectivity index (χ1n) is 8.10. The number of hydrogen-bond donors (Lipinski definition) is 3. The van der Waals surface area contributed by atoms with E-state index in [1.165, 1.54) is 13.0 Å². The largest absolute Gasteiger partial charge is 0.486 e. The number of benzene rings is 1. The van der Waals surface area contributed by atoms with Crippen LogP contribution in [0, 0.1) is 5.92 Å². The number of amides is 1. The number of halogens is 1. The Labute approximate surface area is 150 Å². The molecule has 4 N–H and O–H groups in total. The van der Waals surface area contributed by atoms with Crippen molar-refractivity contribution >= 4 is 34.2 Å². The van der Waals surface area contributed by atoms with E-state index in [4.69, 9.17) is 22.1 Å². The molecule has 7 heteroatoms. The number of aromatic nitrogens is 1. The van der Waals surface area contributed by atoms with Crippen LogP contribution >= 0.6 is 11.6 Å². The first kappa shape index (κ1) is 17.4. The van der Waals surface area contributed by atoms with Gasteiger partial charge in [-0.25, -0.2) is 0 Å². The number of allylic oxidation sites excluding steroid dienone is 1. The fraction of sp³-hybridized carbons (Fsp3) is 0.333. The van der Waals surface area contributed by atoms with Gasteiger partial charge in [-0.05, 0) is 31.9 Å². The van der Waals surface area contributed by atoms with Crippen molar-refractivity contribution in [1.29, 1.82) is 0 Å². The van der Waals surface area contributed by atoms with Gasteiger partial charge in [0.2, 0.25) is 5.91 Å². The van der Waals surface area contributed by atoms with Crippen molar-refractivity contribution in [1.82, 2.24) is 10.3 Å². The summed E-state index contributed by atoms with van der Waals surface area (Å²) in [6.45, 7) is 1.95. The molecule has 0 aliphatic heterocycles. The van der Waals surface area contributed by atoms with Crippen molar-refractivity contribution in [3.8, 4) is 5.75 Å². The van der Waals surface area contributed by atoms with Crippen molar-refractivity contribution in [2.24, 2.45) is 11.7 Å². The number of fused-ring (bicyclic) bond motifs is 1. The average Bonchev–Trinajstić information content (AvgIpc) is 3.31. The van der Waals surface area contributed by atoms with E-state index in [0.29, 0.717) is 23.0 Å². The molecule has 1 fully saturated rings. The molecule has 0 saturated heterocycles. The SMILES string of the molecule is CC(=O)/C=C(\N)COc1cc2[nH]c(CNC(=O)C3CC3)cc2cc1Cl. The second-order valence-corrected chi connectivity index (χ2v) is 6.68. The van der Waals surface area contributed by atoms with Crippen LogP contribution < -0.4 is 15.8 Å². The highest BCUT2D eigenvalue weighted by atomic mass is 35.5. The van der Waals surface area contributed by atoms with Gasteiger partial charge in [0, 0.05) is 40.4 Å². The second kappa shape index (κ2) is 7.19. The lowest BCUT2D eigenvalue weighted by Crippen LogP contribution is -2.24. The first-order valence-corrected chi connectivity index (χ1v) is 8.48. The minimum atomic E-state index is -0.134. The average molecular weight is 362 g/mol. The van der Waals surface area contributed by atoms with Gasteiger partial charge in [-0.3, -0.25) is 9.59 Å². The van der Waals surface area contributed by atoms with Crippen LogP contribution in [0.2, 0.25) is 5.02 Å². The van der Waals surface area contributed by atoms with Crippen LogP contribution in [0.15, 0.2) is 30.0 Å². The van der Waals surface area contributed by atoms with Crippen molar-refractivity contribution in [2.75, 3.05) is 6.61 Å². The molecule has 1 saturated carbocycles. The molecule has 1 aromatic carbocycles. The number of nitrogens with two attached hydrogens (primary N) is 1. The number of H-pyrrole nitrogens is 1. The minimum absolute atomic E-state index is 0.0792. The lowest BCUT2D eigenvalue weighted by atomic mass is 10.2.